The monoisotopic (exact) mass is 291 g/mol. The number of carbonyl (C=O) groups excluding carboxylic acids is 1. The summed E-state index contributed by atoms with van der Waals surface area (Å²) >= 11 is 0. The predicted octanol–water partition coefficient (Wildman–Crippen LogP) is 1.97. The Kier molecular flexibility index (Phi) is 4.76. The van der Waals surface area contributed by atoms with Crippen molar-refractivity contribution in [1.29, 1.82) is 0 Å². The third kappa shape index (κ3) is 4.20. The van der Waals surface area contributed by atoms with Crippen molar-refractivity contribution in [2.24, 2.45) is 0 Å². The van der Waals surface area contributed by atoms with Gasteiger partial charge in [0.25, 0.3) is 0 Å². The molecule has 1 aromatic heterocycles. The van der Waals surface area contributed by atoms with E-state index in [1.807, 2.05) is 0 Å². The SMILES string of the molecule is COc1cc(NC(=O)CCc2nc(C)no2)cc(OC)c1. The van der Waals surface area contributed by atoms with Gasteiger partial charge in [0.05, 0.1) is 14.2 Å². The van der Waals surface area contributed by atoms with E-state index in [0.29, 0.717) is 35.3 Å². The first-order valence-electron chi connectivity index (χ1n) is 6.43. The van der Waals surface area contributed by atoms with Crippen LogP contribution in [0.1, 0.15) is 18.1 Å². The quantitative estimate of drug-likeness (QED) is 0.875. The highest BCUT2D eigenvalue weighted by atomic mass is 16.5. The molecule has 1 amide bonds. The number of aromatic nitrogens is 2. The van der Waals surface area contributed by atoms with Gasteiger partial charge in [-0.05, 0) is 6.92 Å². The summed E-state index contributed by atoms with van der Waals surface area (Å²) in [5.41, 5.74) is 0.609. The van der Waals surface area contributed by atoms with E-state index in [2.05, 4.69) is 15.5 Å². The van der Waals surface area contributed by atoms with Gasteiger partial charge in [-0.25, -0.2) is 0 Å². The molecule has 0 aliphatic carbocycles. The van der Waals surface area contributed by atoms with Gasteiger partial charge in [-0.15, -0.1) is 0 Å². The van der Waals surface area contributed by atoms with Crippen LogP contribution in [0, 0.1) is 6.92 Å². The number of ether oxygens (including phenoxy) is 2. The number of nitrogens with zero attached hydrogens (tertiary/aromatic N) is 2. The molecule has 1 aromatic carbocycles. The van der Waals surface area contributed by atoms with Gasteiger partial charge in [-0.1, -0.05) is 5.16 Å². The first-order chi connectivity index (χ1) is 10.1. The van der Waals surface area contributed by atoms with Gasteiger partial charge in [0, 0.05) is 36.7 Å². The van der Waals surface area contributed by atoms with Crippen LogP contribution < -0.4 is 14.8 Å². The molecular formula is C14H17N3O4. The van der Waals surface area contributed by atoms with E-state index < -0.39 is 0 Å². The molecule has 2 rings (SSSR count). The van der Waals surface area contributed by atoms with Crippen LogP contribution in [0.4, 0.5) is 5.69 Å². The van der Waals surface area contributed by atoms with Crippen molar-refractivity contribution in [2.75, 3.05) is 19.5 Å². The van der Waals surface area contributed by atoms with Gasteiger partial charge < -0.3 is 19.3 Å². The fourth-order valence-corrected chi connectivity index (χ4v) is 1.77. The van der Waals surface area contributed by atoms with Crippen molar-refractivity contribution < 1.29 is 18.8 Å². The Bertz CT molecular complexity index is 602. The Morgan fingerprint density at radius 2 is 1.90 bits per heavy atom. The molecule has 0 aliphatic rings. The van der Waals surface area contributed by atoms with Gasteiger partial charge in [0.15, 0.2) is 5.82 Å². The lowest BCUT2D eigenvalue weighted by molar-refractivity contribution is -0.116. The topological polar surface area (TPSA) is 86.5 Å². The minimum Gasteiger partial charge on any atom is -0.497 e. The summed E-state index contributed by atoms with van der Waals surface area (Å²) in [6.07, 6.45) is 0.648. The molecular weight excluding hydrogens is 274 g/mol. The fourth-order valence-electron chi connectivity index (χ4n) is 1.77. The molecule has 7 heteroatoms. The minimum absolute atomic E-state index is 0.152. The average Bonchev–Trinajstić information content (AvgIpc) is 2.90. The standard InChI is InChI=1S/C14H17N3O4/c1-9-15-14(21-17-9)5-4-13(18)16-10-6-11(19-2)8-12(7-10)20-3/h6-8H,4-5H2,1-3H3,(H,16,18). The maximum absolute atomic E-state index is 11.9. The molecule has 0 atom stereocenters. The number of methoxy groups -OCH3 is 2. The fraction of sp³-hybridized carbons (Fsp3) is 0.357. The Morgan fingerprint density at radius 1 is 1.24 bits per heavy atom. The van der Waals surface area contributed by atoms with Crippen LogP contribution in [0.2, 0.25) is 0 Å². The van der Waals surface area contributed by atoms with Crippen LogP contribution in [0.3, 0.4) is 0 Å². The second-order valence-corrected chi connectivity index (χ2v) is 4.38. The third-order valence-corrected chi connectivity index (χ3v) is 2.77. The Labute approximate surface area is 122 Å². The van der Waals surface area contributed by atoms with Gasteiger partial charge in [0.1, 0.15) is 11.5 Å². The zero-order chi connectivity index (χ0) is 15.2. The van der Waals surface area contributed by atoms with Crippen molar-refractivity contribution in [3.63, 3.8) is 0 Å². The van der Waals surface area contributed by atoms with Crippen LogP contribution in [0.25, 0.3) is 0 Å². The molecule has 2 aromatic rings. The van der Waals surface area contributed by atoms with Crippen molar-refractivity contribution in [3.05, 3.63) is 29.9 Å². The number of aryl methyl sites for hydroxylation is 2. The van der Waals surface area contributed by atoms with Crippen LogP contribution in [0.5, 0.6) is 11.5 Å². The van der Waals surface area contributed by atoms with Crippen molar-refractivity contribution in [1.82, 2.24) is 10.1 Å². The number of nitrogens with one attached hydrogen (secondary N) is 1. The number of anilines is 1. The lowest BCUT2D eigenvalue weighted by atomic mass is 10.2. The maximum Gasteiger partial charge on any atom is 0.227 e. The normalized spacial score (nSPS) is 10.2. The maximum atomic E-state index is 11.9. The lowest BCUT2D eigenvalue weighted by Crippen LogP contribution is -2.12. The molecule has 1 heterocycles. The highest BCUT2D eigenvalue weighted by Gasteiger charge is 2.09. The van der Waals surface area contributed by atoms with Crippen LogP contribution >= 0.6 is 0 Å². The van der Waals surface area contributed by atoms with E-state index in [1.54, 1.807) is 39.3 Å². The Hall–Kier alpha value is -2.57. The highest BCUT2D eigenvalue weighted by Crippen LogP contribution is 2.25. The number of benzene rings is 1. The summed E-state index contributed by atoms with van der Waals surface area (Å²) in [6.45, 7) is 1.73. The third-order valence-electron chi connectivity index (χ3n) is 2.77. The molecule has 0 saturated heterocycles. The second-order valence-electron chi connectivity index (χ2n) is 4.38. The predicted molar refractivity (Wildman–Crippen MR) is 75.5 cm³/mol. The smallest absolute Gasteiger partial charge is 0.227 e. The molecule has 112 valence electrons. The molecule has 21 heavy (non-hydrogen) atoms. The van der Waals surface area contributed by atoms with Crippen LogP contribution in [-0.4, -0.2) is 30.3 Å². The summed E-state index contributed by atoms with van der Waals surface area (Å²) < 4.78 is 15.2. The van der Waals surface area contributed by atoms with Crippen molar-refractivity contribution in [2.45, 2.75) is 19.8 Å². The van der Waals surface area contributed by atoms with E-state index >= 15 is 0 Å². The summed E-state index contributed by atoms with van der Waals surface area (Å²) in [4.78, 5) is 16.0. The average molecular weight is 291 g/mol. The minimum atomic E-state index is -0.152. The summed E-state index contributed by atoms with van der Waals surface area (Å²) in [6, 6.07) is 5.17. The van der Waals surface area contributed by atoms with Crippen molar-refractivity contribution >= 4 is 11.6 Å². The summed E-state index contributed by atoms with van der Waals surface area (Å²) in [7, 11) is 3.11. The number of rotatable bonds is 6. The molecule has 1 N–H and O–H groups in total. The van der Waals surface area contributed by atoms with Gasteiger partial charge in [0.2, 0.25) is 11.8 Å². The van der Waals surface area contributed by atoms with E-state index in [1.165, 1.54) is 0 Å². The molecule has 0 unspecified atom stereocenters. The number of hydrogen-bond acceptors (Lipinski definition) is 6. The van der Waals surface area contributed by atoms with E-state index in [4.69, 9.17) is 14.0 Å². The van der Waals surface area contributed by atoms with Crippen LogP contribution in [0.15, 0.2) is 22.7 Å². The molecule has 0 aliphatic heterocycles. The van der Waals surface area contributed by atoms with Gasteiger partial charge in [-0.2, -0.15) is 4.98 Å². The summed E-state index contributed by atoms with van der Waals surface area (Å²) in [5, 5.41) is 6.45. The number of carbonyl (C=O) groups is 1. The van der Waals surface area contributed by atoms with E-state index in [0.717, 1.165) is 0 Å². The molecule has 0 saturated carbocycles. The van der Waals surface area contributed by atoms with Gasteiger partial charge >= 0.3 is 0 Å². The Balaban J connectivity index is 1.95. The zero-order valence-electron chi connectivity index (χ0n) is 12.2. The molecule has 0 bridgehead atoms. The first kappa shape index (κ1) is 14.8. The molecule has 0 radical (unpaired) electrons. The molecule has 0 fully saturated rings. The molecule has 0 spiro atoms. The van der Waals surface area contributed by atoms with Crippen LogP contribution in [-0.2, 0) is 11.2 Å². The largest absolute Gasteiger partial charge is 0.497 e. The van der Waals surface area contributed by atoms with E-state index in [-0.39, 0.29) is 12.3 Å². The Morgan fingerprint density at radius 3 is 2.43 bits per heavy atom. The van der Waals surface area contributed by atoms with E-state index in [9.17, 15) is 4.79 Å². The zero-order valence-corrected chi connectivity index (χ0v) is 12.2. The number of hydrogen-bond donors (Lipinski definition) is 1. The highest BCUT2D eigenvalue weighted by molar-refractivity contribution is 5.91. The molecule has 7 nitrogen and oxygen atoms in total. The summed E-state index contributed by atoms with van der Waals surface area (Å²) in [5.74, 6) is 2.07. The second kappa shape index (κ2) is 6.74. The van der Waals surface area contributed by atoms with Gasteiger partial charge in [-0.3, -0.25) is 4.79 Å². The number of amides is 1. The first-order valence-corrected chi connectivity index (χ1v) is 6.43. The lowest BCUT2D eigenvalue weighted by Gasteiger charge is -2.09. The van der Waals surface area contributed by atoms with Crippen molar-refractivity contribution in [3.8, 4) is 11.5 Å².